The molecule has 1 aliphatic rings. The lowest BCUT2D eigenvalue weighted by molar-refractivity contribution is -0.130. The van der Waals surface area contributed by atoms with Crippen LogP contribution in [0.25, 0.3) is 0 Å². The van der Waals surface area contributed by atoms with E-state index in [0.29, 0.717) is 6.42 Å². The van der Waals surface area contributed by atoms with Gasteiger partial charge in [-0.2, -0.15) is 5.10 Å². The first-order valence-electron chi connectivity index (χ1n) is 7.42. The number of H-pyrrole nitrogens is 1. The molecular weight excluding hydrogens is 280 g/mol. The van der Waals surface area contributed by atoms with E-state index >= 15 is 0 Å². The molecular formula is C16H20N4O2. The summed E-state index contributed by atoms with van der Waals surface area (Å²) in [6.07, 6.45) is 2.05. The summed E-state index contributed by atoms with van der Waals surface area (Å²) in [5, 5.41) is 6.71. The zero-order chi connectivity index (χ0) is 15.4. The zero-order valence-corrected chi connectivity index (χ0v) is 12.7. The van der Waals surface area contributed by atoms with E-state index in [0.717, 1.165) is 43.3 Å². The summed E-state index contributed by atoms with van der Waals surface area (Å²) in [6.45, 7) is 3.08. The molecule has 0 unspecified atom stereocenters. The largest absolute Gasteiger partial charge is 0.495 e. The molecule has 6 heteroatoms. The monoisotopic (exact) mass is 300 g/mol. The molecule has 116 valence electrons. The number of aromatic nitrogens is 2. The molecule has 0 saturated carbocycles. The second-order valence-corrected chi connectivity index (χ2v) is 5.30. The van der Waals surface area contributed by atoms with Crippen molar-refractivity contribution in [2.45, 2.75) is 6.42 Å². The summed E-state index contributed by atoms with van der Waals surface area (Å²) < 4.78 is 5.41. The van der Waals surface area contributed by atoms with Gasteiger partial charge in [0.15, 0.2) is 0 Å². The standard InChI is InChI=1S/C16H20N4O2/c1-22-15-5-3-2-4-14(15)19-8-10-20(11-9-19)16(21)12-13-6-7-17-18-13/h2-7H,8-12H2,1H3,(H,17,18). The van der Waals surface area contributed by atoms with Gasteiger partial charge >= 0.3 is 0 Å². The van der Waals surface area contributed by atoms with Gasteiger partial charge in [-0.3, -0.25) is 9.89 Å². The molecule has 1 fully saturated rings. The minimum Gasteiger partial charge on any atom is -0.495 e. The van der Waals surface area contributed by atoms with Gasteiger partial charge in [0.05, 0.1) is 19.2 Å². The Morgan fingerprint density at radius 3 is 2.68 bits per heavy atom. The number of hydrogen-bond donors (Lipinski definition) is 1. The zero-order valence-electron chi connectivity index (χ0n) is 12.7. The van der Waals surface area contributed by atoms with E-state index in [-0.39, 0.29) is 5.91 Å². The molecule has 3 rings (SSSR count). The Labute approximate surface area is 129 Å². The van der Waals surface area contributed by atoms with E-state index in [1.807, 2.05) is 29.2 Å². The molecule has 0 aliphatic carbocycles. The predicted octanol–water partition coefficient (Wildman–Crippen LogP) is 1.31. The van der Waals surface area contributed by atoms with Gasteiger partial charge in [-0.1, -0.05) is 12.1 Å². The number of para-hydroxylation sites is 2. The van der Waals surface area contributed by atoms with E-state index in [9.17, 15) is 4.79 Å². The molecule has 1 amide bonds. The molecule has 6 nitrogen and oxygen atoms in total. The first kappa shape index (κ1) is 14.4. The maximum atomic E-state index is 12.3. The van der Waals surface area contributed by atoms with Crippen LogP contribution < -0.4 is 9.64 Å². The summed E-state index contributed by atoms with van der Waals surface area (Å²) in [4.78, 5) is 16.4. The van der Waals surface area contributed by atoms with Gasteiger partial charge in [0.25, 0.3) is 0 Å². The Bertz CT molecular complexity index is 619. The molecule has 0 atom stereocenters. The van der Waals surface area contributed by atoms with Crippen molar-refractivity contribution < 1.29 is 9.53 Å². The number of nitrogens with zero attached hydrogens (tertiary/aromatic N) is 3. The highest BCUT2D eigenvalue weighted by Gasteiger charge is 2.23. The van der Waals surface area contributed by atoms with Crippen molar-refractivity contribution >= 4 is 11.6 Å². The van der Waals surface area contributed by atoms with Crippen LogP contribution in [0.5, 0.6) is 5.75 Å². The summed E-state index contributed by atoms with van der Waals surface area (Å²) in [6, 6.07) is 9.83. The lowest BCUT2D eigenvalue weighted by atomic mass is 10.2. The Balaban J connectivity index is 1.59. The molecule has 1 saturated heterocycles. The van der Waals surface area contributed by atoms with Crippen LogP contribution in [0.15, 0.2) is 36.5 Å². The maximum absolute atomic E-state index is 12.3. The van der Waals surface area contributed by atoms with Crippen LogP contribution in [0.1, 0.15) is 5.69 Å². The average molecular weight is 300 g/mol. The number of hydrogen-bond acceptors (Lipinski definition) is 4. The molecule has 2 heterocycles. The van der Waals surface area contributed by atoms with E-state index < -0.39 is 0 Å². The van der Waals surface area contributed by atoms with Gasteiger partial charge in [0, 0.05) is 38.1 Å². The van der Waals surface area contributed by atoms with Crippen molar-refractivity contribution in [3.8, 4) is 5.75 Å². The topological polar surface area (TPSA) is 61.5 Å². The molecule has 1 aliphatic heterocycles. The number of aromatic amines is 1. The van der Waals surface area contributed by atoms with Crippen molar-refractivity contribution in [1.29, 1.82) is 0 Å². The van der Waals surface area contributed by atoms with E-state index in [1.54, 1.807) is 13.3 Å². The molecule has 0 bridgehead atoms. The number of amides is 1. The molecule has 1 N–H and O–H groups in total. The van der Waals surface area contributed by atoms with Crippen LogP contribution in [0.3, 0.4) is 0 Å². The number of benzene rings is 1. The number of piperazine rings is 1. The minimum atomic E-state index is 0.143. The van der Waals surface area contributed by atoms with Gasteiger partial charge in [-0.15, -0.1) is 0 Å². The van der Waals surface area contributed by atoms with Crippen molar-refractivity contribution in [3.63, 3.8) is 0 Å². The molecule has 2 aromatic rings. The molecule has 1 aromatic heterocycles. The highest BCUT2D eigenvalue weighted by atomic mass is 16.5. The third kappa shape index (κ3) is 3.05. The number of carbonyl (C=O) groups excluding carboxylic acids is 1. The smallest absolute Gasteiger partial charge is 0.228 e. The number of ether oxygens (including phenoxy) is 1. The SMILES string of the molecule is COc1ccccc1N1CCN(C(=O)Cc2ccn[nH]2)CC1. The first-order chi connectivity index (χ1) is 10.8. The number of anilines is 1. The van der Waals surface area contributed by atoms with Crippen molar-refractivity contribution in [2.24, 2.45) is 0 Å². The molecule has 1 aromatic carbocycles. The van der Waals surface area contributed by atoms with Gasteiger partial charge < -0.3 is 14.5 Å². The maximum Gasteiger partial charge on any atom is 0.228 e. The third-order valence-corrected chi connectivity index (χ3v) is 3.96. The van der Waals surface area contributed by atoms with Crippen LogP contribution in [-0.2, 0) is 11.2 Å². The highest BCUT2D eigenvalue weighted by molar-refractivity contribution is 5.78. The Kier molecular flexibility index (Phi) is 4.27. The van der Waals surface area contributed by atoms with Crippen molar-refractivity contribution in [3.05, 3.63) is 42.2 Å². The summed E-state index contributed by atoms with van der Waals surface area (Å²) in [5.41, 5.74) is 1.95. The number of carbonyl (C=O) groups is 1. The first-order valence-corrected chi connectivity index (χ1v) is 7.42. The fraction of sp³-hybridized carbons (Fsp3) is 0.375. The number of methoxy groups -OCH3 is 1. The van der Waals surface area contributed by atoms with Crippen molar-refractivity contribution in [2.75, 3.05) is 38.2 Å². The fourth-order valence-corrected chi connectivity index (χ4v) is 2.75. The summed E-state index contributed by atoms with van der Waals surface area (Å²) in [7, 11) is 1.68. The Morgan fingerprint density at radius 2 is 2.00 bits per heavy atom. The average Bonchev–Trinajstić information content (AvgIpc) is 3.08. The van der Waals surface area contributed by atoms with Crippen LogP contribution in [0.2, 0.25) is 0 Å². The second-order valence-electron chi connectivity index (χ2n) is 5.30. The summed E-state index contributed by atoms with van der Waals surface area (Å²) in [5.74, 6) is 1.02. The van der Waals surface area contributed by atoms with Crippen LogP contribution in [0, 0.1) is 0 Å². The Morgan fingerprint density at radius 1 is 1.23 bits per heavy atom. The highest BCUT2D eigenvalue weighted by Crippen LogP contribution is 2.28. The quantitative estimate of drug-likeness (QED) is 0.925. The minimum absolute atomic E-state index is 0.143. The van der Waals surface area contributed by atoms with Gasteiger partial charge in [0.2, 0.25) is 5.91 Å². The van der Waals surface area contributed by atoms with Gasteiger partial charge in [-0.25, -0.2) is 0 Å². The predicted molar refractivity (Wildman–Crippen MR) is 84.1 cm³/mol. The third-order valence-electron chi connectivity index (χ3n) is 3.96. The lowest BCUT2D eigenvalue weighted by Crippen LogP contribution is -2.49. The number of rotatable bonds is 4. The fourth-order valence-electron chi connectivity index (χ4n) is 2.75. The second kappa shape index (κ2) is 6.51. The Hall–Kier alpha value is -2.50. The van der Waals surface area contributed by atoms with Gasteiger partial charge in [-0.05, 0) is 18.2 Å². The van der Waals surface area contributed by atoms with Crippen LogP contribution in [0.4, 0.5) is 5.69 Å². The lowest BCUT2D eigenvalue weighted by Gasteiger charge is -2.36. The number of nitrogens with one attached hydrogen (secondary N) is 1. The molecule has 0 radical (unpaired) electrons. The normalized spacial score (nSPS) is 15.0. The van der Waals surface area contributed by atoms with E-state index in [4.69, 9.17) is 4.74 Å². The van der Waals surface area contributed by atoms with Crippen molar-refractivity contribution in [1.82, 2.24) is 15.1 Å². The van der Waals surface area contributed by atoms with Crippen LogP contribution >= 0.6 is 0 Å². The van der Waals surface area contributed by atoms with E-state index in [1.165, 1.54) is 0 Å². The molecule has 22 heavy (non-hydrogen) atoms. The van der Waals surface area contributed by atoms with Crippen LogP contribution in [-0.4, -0.2) is 54.3 Å². The van der Waals surface area contributed by atoms with E-state index in [2.05, 4.69) is 21.2 Å². The molecule has 0 spiro atoms. The van der Waals surface area contributed by atoms with Gasteiger partial charge in [0.1, 0.15) is 5.75 Å². The summed E-state index contributed by atoms with van der Waals surface area (Å²) >= 11 is 0.